The molecule has 0 heterocycles. The van der Waals surface area contributed by atoms with E-state index in [2.05, 4.69) is 11.4 Å². The molecule has 0 aromatic heterocycles. The summed E-state index contributed by atoms with van der Waals surface area (Å²) in [7, 11) is 0. The smallest absolute Gasteiger partial charge is 0.0807 e. The van der Waals surface area contributed by atoms with Crippen molar-refractivity contribution in [1.29, 1.82) is 0 Å². The lowest BCUT2D eigenvalue weighted by atomic mass is 10.2. The van der Waals surface area contributed by atoms with Crippen LogP contribution in [0.2, 0.25) is 5.02 Å². The highest BCUT2D eigenvalue weighted by Gasteiger charge is 2.06. The molecule has 0 saturated heterocycles. The maximum absolute atomic E-state index is 6.13. The third-order valence-electron chi connectivity index (χ3n) is 2.41. The van der Waals surface area contributed by atoms with Crippen LogP contribution in [0.25, 0.3) is 0 Å². The minimum Gasteiger partial charge on any atom is -0.397 e. The lowest BCUT2D eigenvalue weighted by Crippen LogP contribution is -1.97. The van der Waals surface area contributed by atoms with E-state index in [-0.39, 0.29) is 0 Å². The summed E-state index contributed by atoms with van der Waals surface area (Å²) in [5, 5.41) is 3.91. The minimum absolute atomic E-state index is 0.626. The van der Waals surface area contributed by atoms with Crippen molar-refractivity contribution in [3.8, 4) is 0 Å². The molecule has 0 bridgehead atoms. The zero-order valence-electron chi connectivity index (χ0n) is 9.41. The van der Waals surface area contributed by atoms with Crippen LogP contribution in [-0.2, 0) is 0 Å². The quantitative estimate of drug-likeness (QED) is 0.638. The van der Waals surface area contributed by atoms with Gasteiger partial charge < -0.3 is 11.1 Å². The fourth-order valence-electron chi connectivity index (χ4n) is 1.56. The zero-order valence-corrected chi connectivity index (χ0v) is 11.0. The molecule has 0 spiro atoms. The molecule has 0 unspecified atom stereocenters. The molecule has 2 nitrogen and oxygen atoms in total. The third-order valence-corrected chi connectivity index (χ3v) is 3.52. The number of benzene rings is 2. The number of thioether (sulfide) groups is 1. The highest BCUT2D eigenvalue weighted by Crippen LogP contribution is 2.34. The summed E-state index contributed by atoms with van der Waals surface area (Å²) in [4.78, 5) is 1.16. The Morgan fingerprint density at radius 1 is 1.12 bits per heavy atom. The molecule has 0 amide bonds. The lowest BCUT2D eigenvalue weighted by molar-refractivity contribution is 1.42. The van der Waals surface area contributed by atoms with E-state index in [1.165, 1.54) is 0 Å². The SMILES string of the molecule is CSc1ccccc1Nc1c(N)cccc1Cl. The fourth-order valence-corrected chi connectivity index (χ4v) is 2.34. The summed E-state index contributed by atoms with van der Waals surface area (Å²) >= 11 is 7.81. The number of hydrogen-bond acceptors (Lipinski definition) is 3. The number of nitrogens with two attached hydrogens (primary N) is 1. The van der Waals surface area contributed by atoms with Crippen LogP contribution < -0.4 is 11.1 Å². The first-order valence-electron chi connectivity index (χ1n) is 5.16. The van der Waals surface area contributed by atoms with E-state index in [1.807, 2.05) is 42.7 Å². The molecule has 0 saturated carbocycles. The number of halogens is 1. The molecule has 0 atom stereocenters. The predicted octanol–water partition coefficient (Wildman–Crippen LogP) is 4.39. The largest absolute Gasteiger partial charge is 0.397 e. The molecule has 88 valence electrons. The highest BCUT2D eigenvalue weighted by molar-refractivity contribution is 7.98. The molecule has 17 heavy (non-hydrogen) atoms. The molecule has 0 aliphatic rings. The van der Waals surface area contributed by atoms with Gasteiger partial charge in [-0.05, 0) is 30.5 Å². The van der Waals surface area contributed by atoms with Crippen molar-refractivity contribution in [3.63, 3.8) is 0 Å². The maximum Gasteiger partial charge on any atom is 0.0807 e. The van der Waals surface area contributed by atoms with Crippen molar-refractivity contribution in [2.24, 2.45) is 0 Å². The van der Waals surface area contributed by atoms with Gasteiger partial charge in [0, 0.05) is 4.90 Å². The van der Waals surface area contributed by atoms with Crippen LogP contribution in [0.3, 0.4) is 0 Å². The number of nitrogens with one attached hydrogen (secondary N) is 1. The Morgan fingerprint density at radius 3 is 2.59 bits per heavy atom. The van der Waals surface area contributed by atoms with Crippen LogP contribution in [0, 0.1) is 0 Å². The topological polar surface area (TPSA) is 38.0 Å². The summed E-state index contributed by atoms with van der Waals surface area (Å²) in [6, 6.07) is 13.5. The summed E-state index contributed by atoms with van der Waals surface area (Å²) < 4.78 is 0. The van der Waals surface area contributed by atoms with Gasteiger partial charge in [0.1, 0.15) is 0 Å². The van der Waals surface area contributed by atoms with Gasteiger partial charge in [-0.1, -0.05) is 29.8 Å². The molecule has 2 aromatic carbocycles. The first-order valence-corrected chi connectivity index (χ1v) is 6.76. The van der Waals surface area contributed by atoms with Crippen LogP contribution in [0.15, 0.2) is 47.4 Å². The van der Waals surface area contributed by atoms with Gasteiger partial charge in [-0.15, -0.1) is 11.8 Å². The average Bonchev–Trinajstić information content (AvgIpc) is 2.34. The second-order valence-corrected chi connectivity index (χ2v) is 4.78. The van der Waals surface area contributed by atoms with Gasteiger partial charge in [-0.2, -0.15) is 0 Å². The molecule has 4 heteroatoms. The highest BCUT2D eigenvalue weighted by atomic mass is 35.5. The fraction of sp³-hybridized carbons (Fsp3) is 0.0769. The molecule has 0 aliphatic carbocycles. The molecule has 2 rings (SSSR count). The van der Waals surface area contributed by atoms with Gasteiger partial charge in [0.15, 0.2) is 0 Å². The van der Waals surface area contributed by atoms with Crippen molar-refractivity contribution < 1.29 is 0 Å². The molecular weight excluding hydrogens is 252 g/mol. The van der Waals surface area contributed by atoms with E-state index >= 15 is 0 Å². The Labute approximate surface area is 110 Å². The number of para-hydroxylation sites is 2. The van der Waals surface area contributed by atoms with Crippen LogP contribution in [0.5, 0.6) is 0 Å². The van der Waals surface area contributed by atoms with E-state index in [1.54, 1.807) is 11.8 Å². The van der Waals surface area contributed by atoms with Gasteiger partial charge in [-0.3, -0.25) is 0 Å². The summed E-state index contributed by atoms with van der Waals surface area (Å²) in [6.07, 6.45) is 2.04. The van der Waals surface area contributed by atoms with Gasteiger partial charge in [-0.25, -0.2) is 0 Å². The zero-order chi connectivity index (χ0) is 12.3. The lowest BCUT2D eigenvalue weighted by Gasteiger charge is -2.13. The number of hydrogen-bond donors (Lipinski definition) is 2. The van der Waals surface area contributed by atoms with Crippen molar-refractivity contribution in [3.05, 3.63) is 47.5 Å². The first-order chi connectivity index (χ1) is 8.22. The van der Waals surface area contributed by atoms with E-state index in [0.29, 0.717) is 10.7 Å². The first kappa shape index (κ1) is 12.1. The summed E-state index contributed by atoms with van der Waals surface area (Å²) in [5.74, 6) is 0. The Kier molecular flexibility index (Phi) is 3.82. The van der Waals surface area contributed by atoms with Gasteiger partial charge >= 0.3 is 0 Å². The van der Waals surface area contributed by atoms with E-state index < -0.39 is 0 Å². The van der Waals surface area contributed by atoms with E-state index in [4.69, 9.17) is 17.3 Å². The number of rotatable bonds is 3. The van der Waals surface area contributed by atoms with E-state index in [0.717, 1.165) is 16.3 Å². The second kappa shape index (κ2) is 5.34. The van der Waals surface area contributed by atoms with Crippen molar-refractivity contribution in [2.75, 3.05) is 17.3 Å². The Hall–Kier alpha value is -1.32. The normalized spacial score (nSPS) is 10.2. The predicted molar refractivity (Wildman–Crippen MR) is 77.4 cm³/mol. The monoisotopic (exact) mass is 264 g/mol. The Bertz CT molecular complexity index is 508. The molecule has 3 N–H and O–H groups in total. The molecule has 0 radical (unpaired) electrons. The van der Waals surface area contributed by atoms with E-state index in [9.17, 15) is 0 Å². The van der Waals surface area contributed by atoms with Crippen LogP contribution >= 0.6 is 23.4 Å². The third kappa shape index (κ3) is 2.68. The van der Waals surface area contributed by atoms with Crippen LogP contribution in [0.1, 0.15) is 0 Å². The van der Waals surface area contributed by atoms with Crippen molar-refractivity contribution in [2.45, 2.75) is 4.90 Å². The van der Waals surface area contributed by atoms with Gasteiger partial charge in [0.05, 0.1) is 22.1 Å². The Morgan fingerprint density at radius 2 is 1.88 bits per heavy atom. The molecular formula is C13H13ClN2S. The van der Waals surface area contributed by atoms with Gasteiger partial charge in [0.25, 0.3) is 0 Å². The number of nitrogen functional groups attached to an aromatic ring is 1. The molecule has 0 fully saturated rings. The number of anilines is 3. The maximum atomic E-state index is 6.13. The minimum atomic E-state index is 0.626. The molecule has 0 aliphatic heterocycles. The summed E-state index contributed by atoms with van der Waals surface area (Å²) in [6.45, 7) is 0. The van der Waals surface area contributed by atoms with Crippen LogP contribution in [0.4, 0.5) is 17.1 Å². The standard InChI is InChI=1S/C13H13ClN2S/c1-17-12-8-3-2-7-11(12)16-13-9(14)5-4-6-10(13)15/h2-8,16H,15H2,1H3. The molecule has 2 aromatic rings. The Balaban J connectivity index is 2.38. The van der Waals surface area contributed by atoms with Crippen LogP contribution in [-0.4, -0.2) is 6.26 Å². The summed E-state index contributed by atoms with van der Waals surface area (Å²) in [5.41, 5.74) is 8.33. The van der Waals surface area contributed by atoms with Gasteiger partial charge in [0.2, 0.25) is 0 Å². The average molecular weight is 265 g/mol. The van der Waals surface area contributed by atoms with Crippen molar-refractivity contribution in [1.82, 2.24) is 0 Å². The second-order valence-electron chi connectivity index (χ2n) is 3.53. The van der Waals surface area contributed by atoms with Crippen molar-refractivity contribution >= 4 is 40.4 Å².